The highest BCUT2D eigenvalue weighted by atomic mass is 35.5. The molecule has 1 fully saturated rings. The van der Waals surface area contributed by atoms with E-state index in [4.69, 9.17) is 4.74 Å². The van der Waals surface area contributed by atoms with Crippen LogP contribution in [-0.2, 0) is 0 Å². The average Bonchev–Trinajstić information content (AvgIpc) is 2.79. The Morgan fingerprint density at radius 2 is 1.26 bits per heavy atom. The number of halogens is 1. The first-order chi connectivity index (χ1) is 14.8. The van der Waals surface area contributed by atoms with E-state index in [0.29, 0.717) is 0 Å². The minimum absolute atomic E-state index is 0. The Bertz CT molecular complexity index is 509. The molecule has 0 aliphatic carbocycles. The number of benzene rings is 1. The predicted octanol–water partition coefficient (Wildman–Crippen LogP) is 5.57. The normalized spacial score (nSPS) is 15.2. The van der Waals surface area contributed by atoms with Gasteiger partial charge in [-0.1, -0.05) is 57.2 Å². The van der Waals surface area contributed by atoms with Crippen LogP contribution in [-0.4, -0.2) is 80.7 Å². The molecule has 0 radical (unpaired) electrons. The average molecular weight is 454 g/mol. The molecule has 180 valence electrons. The van der Waals surface area contributed by atoms with Crippen LogP contribution in [0.1, 0.15) is 64.7 Å². The Hall–Kier alpha value is -0.810. The summed E-state index contributed by atoms with van der Waals surface area (Å²) in [4.78, 5) is 7.77. The summed E-state index contributed by atoms with van der Waals surface area (Å²) >= 11 is 0. The van der Waals surface area contributed by atoms with Gasteiger partial charge in [0, 0.05) is 26.2 Å². The maximum atomic E-state index is 5.76. The van der Waals surface area contributed by atoms with Gasteiger partial charge in [0.25, 0.3) is 0 Å². The van der Waals surface area contributed by atoms with E-state index in [0.717, 1.165) is 12.4 Å². The van der Waals surface area contributed by atoms with Crippen molar-refractivity contribution < 1.29 is 4.74 Å². The summed E-state index contributed by atoms with van der Waals surface area (Å²) in [5.74, 6) is 0.998. The smallest absolute Gasteiger partial charge is 0.119 e. The van der Waals surface area contributed by atoms with Crippen molar-refractivity contribution in [2.45, 2.75) is 64.7 Å². The topological polar surface area (TPSA) is 19.0 Å². The van der Waals surface area contributed by atoms with Crippen molar-refractivity contribution in [1.82, 2.24) is 14.7 Å². The SMILES string of the molecule is CCN(C)CCCCN1CCN(CCCCCCCCCOc2ccccc2)CC1.Cl. The maximum Gasteiger partial charge on any atom is 0.119 e. The summed E-state index contributed by atoms with van der Waals surface area (Å²) < 4.78 is 5.76. The Morgan fingerprint density at radius 1 is 0.742 bits per heavy atom. The molecule has 0 atom stereocenters. The number of para-hydroxylation sites is 1. The first-order valence-electron chi connectivity index (χ1n) is 12.6. The van der Waals surface area contributed by atoms with E-state index in [2.05, 4.69) is 28.7 Å². The number of hydrogen-bond acceptors (Lipinski definition) is 4. The Labute approximate surface area is 198 Å². The second-order valence-corrected chi connectivity index (χ2v) is 8.92. The molecule has 2 rings (SSSR count). The van der Waals surface area contributed by atoms with Gasteiger partial charge in [0.15, 0.2) is 0 Å². The second kappa shape index (κ2) is 18.7. The highest BCUT2D eigenvalue weighted by molar-refractivity contribution is 5.85. The number of ether oxygens (including phenoxy) is 1. The first kappa shape index (κ1) is 28.2. The summed E-state index contributed by atoms with van der Waals surface area (Å²) in [6.07, 6.45) is 12.1. The molecule has 31 heavy (non-hydrogen) atoms. The summed E-state index contributed by atoms with van der Waals surface area (Å²) in [5.41, 5.74) is 0. The monoisotopic (exact) mass is 453 g/mol. The molecule has 0 bridgehead atoms. The van der Waals surface area contributed by atoms with Crippen LogP contribution in [0.25, 0.3) is 0 Å². The van der Waals surface area contributed by atoms with Crippen LogP contribution in [0.2, 0.25) is 0 Å². The largest absolute Gasteiger partial charge is 0.494 e. The lowest BCUT2D eigenvalue weighted by atomic mass is 10.1. The molecule has 0 N–H and O–H groups in total. The van der Waals surface area contributed by atoms with Gasteiger partial charge >= 0.3 is 0 Å². The van der Waals surface area contributed by atoms with Crippen molar-refractivity contribution in [3.05, 3.63) is 30.3 Å². The standard InChI is InChI=1S/C26H47N3O.ClH/c1-3-27(2)18-13-14-20-29-23-21-28(22-24-29)19-12-7-5-4-6-8-15-25-30-26-16-10-9-11-17-26;/h9-11,16-17H,3-8,12-15,18-25H2,1-2H3;1H. The molecule has 0 spiro atoms. The number of nitrogens with zero attached hydrogens (tertiary/aromatic N) is 3. The number of piperazine rings is 1. The van der Waals surface area contributed by atoms with Crippen LogP contribution >= 0.6 is 12.4 Å². The van der Waals surface area contributed by atoms with Crippen molar-refractivity contribution in [2.75, 3.05) is 66.0 Å². The third kappa shape index (κ3) is 14.1. The van der Waals surface area contributed by atoms with Crippen LogP contribution in [0.15, 0.2) is 30.3 Å². The zero-order valence-corrected chi connectivity index (χ0v) is 21.1. The van der Waals surface area contributed by atoms with Gasteiger partial charge in [-0.25, -0.2) is 0 Å². The van der Waals surface area contributed by atoms with Crippen molar-refractivity contribution in [3.8, 4) is 5.75 Å². The van der Waals surface area contributed by atoms with Crippen molar-refractivity contribution in [2.24, 2.45) is 0 Å². The third-order valence-electron chi connectivity index (χ3n) is 6.40. The first-order valence-corrected chi connectivity index (χ1v) is 12.6. The molecule has 0 amide bonds. The minimum Gasteiger partial charge on any atom is -0.494 e. The van der Waals surface area contributed by atoms with Gasteiger partial charge in [-0.15, -0.1) is 12.4 Å². The van der Waals surface area contributed by atoms with Gasteiger partial charge in [-0.2, -0.15) is 0 Å². The Morgan fingerprint density at radius 3 is 1.84 bits per heavy atom. The lowest BCUT2D eigenvalue weighted by Gasteiger charge is -2.34. The summed E-state index contributed by atoms with van der Waals surface area (Å²) in [5, 5.41) is 0. The summed E-state index contributed by atoms with van der Waals surface area (Å²) in [6.45, 7) is 13.2. The third-order valence-corrected chi connectivity index (χ3v) is 6.40. The van der Waals surface area contributed by atoms with Gasteiger partial charge in [0.1, 0.15) is 5.75 Å². The number of hydrogen-bond donors (Lipinski definition) is 0. The molecule has 4 nitrogen and oxygen atoms in total. The molecule has 5 heteroatoms. The van der Waals surface area contributed by atoms with E-state index in [-0.39, 0.29) is 12.4 Å². The van der Waals surface area contributed by atoms with Gasteiger partial charge in [-0.3, -0.25) is 0 Å². The quantitative estimate of drug-likeness (QED) is 0.287. The van der Waals surface area contributed by atoms with Crippen molar-refractivity contribution in [1.29, 1.82) is 0 Å². The molecule has 0 saturated carbocycles. The number of unbranched alkanes of at least 4 members (excludes halogenated alkanes) is 7. The Balaban J connectivity index is 0.00000480. The van der Waals surface area contributed by atoms with Gasteiger partial charge < -0.3 is 19.4 Å². The maximum absolute atomic E-state index is 5.76. The van der Waals surface area contributed by atoms with E-state index in [1.165, 1.54) is 110 Å². The highest BCUT2D eigenvalue weighted by Gasteiger charge is 2.15. The second-order valence-electron chi connectivity index (χ2n) is 8.92. The fourth-order valence-electron chi connectivity index (χ4n) is 4.14. The zero-order valence-electron chi connectivity index (χ0n) is 20.3. The lowest BCUT2D eigenvalue weighted by molar-refractivity contribution is 0.128. The van der Waals surface area contributed by atoms with E-state index in [1.807, 2.05) is 30.3 Å². The fourth-order valence-corrected chi connectivity index (χ4v) is 4.14. The predicted molar refractivity (Wildman–Crippen MR) is 137 cm³/mol. The van der Waals surface area contributed by atoms with Crippen LogP contribution < -0.4 is 4.74 Å². The van der Waals surface area contributed by atoms with E-state index >= 15 is 0 Å². The lowest BCUT2D eigenvalue weighted by Crippen LogP contribution is -2.46. The number of rotatable bonds is 17. The summed E-state index contributed by atoms with van der Waals surface area (Å²) in [7, 11) is 2.22. The van der Waals surface area contributed by atoms with E-state index in [9.17, 15) is 0 Å². The molecular weight excluding hydrogens is 406 g/mol. The van der Waals surface area contributed by atoms with Crippen LogP contribution in [0.4, 0.5) is 0 Å². The highest BCUT2D eigenvalue weighted by Crippen LogP contribution is 2.12. The minimum atomic E-state index is 0. The molecule has 1 aromatic carbocycles. The van der Waals surface area contributed by atoms with Crippen LogP contribution in [0.5, 0.6) is 5.75 Å². The molecule has 1 heterocycles. The Kier molecular flexibility index (Phi) is 17.1. The molecule has 1 saturated heterocycles. The van der Waals surface area contributed by atoms with E-state index in [1.54, 1.807) is 0 Å². The van der Waals surface area contributed by atoms with Crippen molar-refractivity contribution in [3.63, 3.8) is 0 Å². The molecule has 1 aliphatic rings. The van der Waals surface area contributed by atoms with Crippen LogP contribution in [0, 0.1) is 0 Å². The molecule has 1 aromatic rings. The van der Waals surface area contributed by atoms with Gasteiger partial charge in [0.2, 0.25) is 0 Å². The van der Waals surface area contributed by atoms with E-state index < -0.39 is 0 Å². The fraction of sp³-hybridized carbons (Fsp3) is 0.769. The molecule has 0 aromatic heterocycles. The zero-order chi connectivity index (χ0) is 21.3. The van der Waals surface area contributed by atoms with Gasteiger partial charge in [-0.05, 0) is 71.0 Å². The molecule has 0 unspecified atom stereocenters. The molecule has 1 aliphatic heterocycles. The molecular formula is C26H48ClN3O. The van der Waals surface area contributed by atoms with Crippen molar-refractivity contribution >= 4 is 12.4 Å². The van der Waals surface area contributed by atoms with Crippen LogP contribution in [0.3, 0.4) is 0 Å². The summed E-state index contributed by atoms with van der Waals surface area (Å²) in [6, 6.07) is 10.2. The van der Waals surface area contributed by atoms with Gasteiger partial charge in [0.05, 0.1) is 6.61 Å².